The van der Waals surface area contributed by atoms with Gasteiger partial charge in [-0.25, -0.2) is 8.42 Å². The largest absolute Gasteiger partial charge is 0.483 e. The third-order valence-electron chi connectivity index (χ3n) is 5.62. The Bertz CT molecular complexity index is 806. The molecule has 0 aromatic heterocycles. The van der Waals surface area contributed by atoms with Crippen molar-refractivity contribution in [2.45, 2.75) is 39.8 Å². The highest BCUT2D eigenvalue weighted by atomic mass is 32.2. The standard InChI is InChI=1S/C20H30N2O4S/c1-14(2)10-21-8-9-22(18-13-27(24,25)12-17(18)21)20(23)11-26-19-7-5-6-15(3)16(19)4/h5-7,14,17-18H,8-13H2,1-4H3/t17-,18+/m0/s1. The Hall–Kier alpha value is -1.60. The quantitative estimate of drug-likeness (QED) is 0.760. The number of ether oxygens (including phenoxy) is 1. The van der Waals surface area contributed by atoms with Crippen LogP contribution in [0.25, 0.3) is 0 Å². The van der Waals surface area contributed by atoms with E-state index in [1.807, 2.05) is 32.0 Å². The Balaban J connectivity index is 1.70. The molecule has 0 unspecified atom stereocenters. The first kappa shape index (κ1) is 20.1. The van der Waals surface area contributed by atoms with E-state index in [-0.39, 0.29) is 36.1 Å². The van der Waals surface area contributed by atoms with Crippen LogP contribution in [0, 0.1) is 19.8 Å². The number of benzene rings is 1. The maximum atomic E-state index is 12.8. The minimum absolute atomic E-state index is 0.0570. The molecule has 2 saturated heterocycles. The second-order valence-electron chi connectivity index (χ2n) is 8.17. The molecule has 150 valence electrons. The lowest BCUT2D eigenvalue weighted by Gasteiger charge is -2.44. The number of carbonyl (C=O) groups excluding carboxylic acids is 1. The van der Waals surface area contributed by atoms with Crippen molar-refractivity contribution >= 4 is 15.7 Å². The fraction of sp³-hybridized carbons (Fsp3) is 0.650. The summed E-state index contributed by atoms with van der Waals surface area (Å²) in [7, 11) is -3.12. The van der Waals surface area contributed by atoms with E-state index in [9.17, 15) is 13.2 Å². The van der Waals surface area contributed by atoms with Crippen LogP contribution < -0.4 is 4.74 Å². The maximum Gasteiger partial charge on any atom is 0.260 e. The Labute approximate surface area is 162 Å². The number of hydrogen-bond donors (Lipinski definition) is 0. The number of hydrogen-bond acceptors (Lipinski definition) is 5. The first-order valence-corrected chi connectivity index (χ1v) is 11.4. The van der Waals surface area contributed by atoms with E-state index in [0.717, 1.165) is 17.7 Å². The van der Waals surface area contributed by atoms with Crippen molar-refractivity contribution in [2.75, 3.05) is 37.7 Å². The van der Waals surface area contributed by atoms with Gasteiger partial charge in [-0.3, -0.25) is 9.69 Å². The summed E-state index contributed by atoms with van der Waals surface area (Å²) in [5.74, 6) is 1.24. The summed E-state index contributed by atoms with van der Waals surface area (Å²) >= 11 is 0. The summed E-state index contributed by atoms with van der Waals surface area (Å²) in [5.41, 5.74) is 2.14. The molecule has 0 aliphatic carbocycles. The molecule has 0 bridgehead atoms. The monoisotopic (exact) mass is 394 g/mol. The molecule has 0 spiro atoms. The average molecular weight is 395 g/mol. The molecule has 2 aliphatic heterocycles. The van der Waals surface area contributed by atoms with Crippen LogP contribution in [0.3, 0.4) is 0 Å². The number of fused-ring (bicyclic) bond motifs is 1. The van der Waals surface area contributed by atoms with Gasteiger partial charge in [0.05, 0.1) is 17.5 Å². The van der Waals surface area contributed by atoms with Crippen molar-refractivity contribution < 1.29 is 17.9 Å². The van der Waals surface area contributed by atoms with E-state index in [1.54, 1.807) is 4.90 Å². The van der Waals surface area contributed by atoms with Crippen LogP contribution in [-0.2, 0) is 14.6 Å². The van der Waals surface area contributed by atoms with E-state index in [1.165, 1.54) is 0 Å². The lowest BCUT2D eigenvalue weighted by atomic mass is 10.0. The first-order valence-electron chi connectivity index (χ1n) is 9.61. The zero-order valence-electron chi connectivity index (χ0n) is 16.6. The van der Waals surface area contributed by atoms with Crippen molar-refractivity contribution in [3.8, 4) is 5.75 Å². The van der Waals surface area contributed by atoms with E-state index >= 15 is 0 Å². The predicted molar refractivity (Wildman–Crippen MR) is 106 cm³/mol. The number of carbonyl (C=O) groups is 1. The van der Waals surface area contributed by atoms with Crippen LogP contribution in [0.4, 0.5) is 0 Å². The molecule has 1 amide bonds. The van der Waals surface area contributed by atoms with Gasteiger partial charge in [0.2, 0.25) is 0 Å². The van der Waals surface area contributed by atoms with E-state index in [0.29, 0.717) is 24.8 Å². The van der Waals surface area contributed by atoms with Crippen LogP contribution in [0.2, 0.25) is 0 Å². The summed E-state index contributed by atoms with van der Waals surface area (Å²) in [6.07, 6.45) is 0. The number of amides is 1. The predicted octanol–water partition coefficient (Wildman–Crippen LogP) is 1.65. The molecule has 1 aromatic rings. The van der Waals surface area contributed by atoms with Gasteiger partial charge in [-0.15, -0.1) is 0 Å². The van der Waals surface area contributed by atoms with Crippen LogP contribution in [0.1, 0.15) is 25.0 Å². The summed E-state index contributed by atoms with van der Waals surface area (Å²) in [6.45, 7) is 10.3. The zero-order chi connectivity index (χ0) is 19.8. The molecule has 1 aromatic carbocycles. The Morgan fingerprint density at radius 2 is 1.89 bits per heavy atom. The molecule has 7 heteroatoms. The fourth-order valence-corrected chi connectivity index (χ4v) is 6.14. The molecular formula is C20H30N2O4S. The average Bonchev–Trinajstić information content (AvgIpc) is 2.91. The third-order valence-corrected chi connectivity index (χ3v) is 7.32. The van der Waals surface area contributed by atoms with E-state index < -0.39 is 9.84 Å². The van der Waals surface area contributed by atoms with E-state index in [2.05, 4.69) is 18.7 Å². The lowest BCUT2D eigenvalue weighted by molar-refractivity contribution is -0.139. The molecule has 6 nitrogen and oxygen atoms in total. The van der Waals surface area contributed by atoms with Crippen molar-refractivity contribution in [2.24, 2.45) is 5.92 Å². The van der Waals surface area contributed by atoms with Crippen LogP contribution in [0.15, 0.2) is 18.2 Å². The Morgan fingerprint density at radius 3 is 2.59 bits per heavy atom. The van der Waals surface area contributed by atoms with Gasteiger partial charge in [0.1, 0.15) is 5.75 Å². The van der Waals surface area contributed by atoms with Crippen LogP contribution >= 0.6 is 0 Å². The fourth-order valence-electron chi connectivity index (χ4n) is 4.13. The molecule has 0 N–H and O–H groups in total. The molecule has 3 rings (SSSR count). The van der Waals surface area contributed by atoms with Crippen LogP contribution in [-0.4, -0.2) is 74.0 Å². The van der Waals surface area contributed by atoms with Gasteiger partial charge >= 0.3 is 0 Å². The maximum absolute atomic E-state index is 12.8. The second-order valence-corrected chi connectivity index (χ2v) is 10.3. The van der Waals surface area contributed by atoms with Gasteiger partial charge < -0.3 is 9.64 Å². The molecular weight excluding hydrogens is 364 g/mol. The normalized spacial score (nSPS) is 24.9. The third kappa shape index (κ3) is 4.46. The smallest absolute Gasteiger partial charge is 0.260 e. The molecule has 0 radical (unpaired) electrons. The highest BCUT2D eigenvalue weighted by Gasteiger charge is 2.47. The van der Waals surface area contributed by atoms with Crippen molar-refractivity contribution in [1.29, 1.82) is 0 Å². The topological polar surface area (TPSA) is 66.9 Å². The van der Waals surface area contributed by atoms with Gasteiger partial charge in [0, 0.05) is 25.7 Å². The molecule has 2 atom stereocenters. The van der Waals surface area contributed by atoms with Crippen molar-refractivity contribution in [1.82, 2.24) is 9.80 Å². The van der Waals surface area contributed by atoms with Crippen molar-refractivity contribution in [3.05, 3.63) is 29.3 Å². The van der Waals surface area contributed by atoms with E-state index in [4.69, 9.17) is 4.74 Å². The SMILES string of the molecule is Cc1cccc(OCC(=O)N2CCN(CC(C)C)[C@H]3CS(=O)(=O)C[C@H]32)c1C. The molecule has 2 aliphatic rings. The number of piperazine rings is 1. The van der Waals surface area contributed by atoms with Gasteiger partial charge in [0.15, 0.2) is 16.4 Å². The number of nitrogens with zero attached hydrogens (tertiary/aromatic N) is 2. The van der Waals surface area contributed by atoms with Gasteiger partial charge in [-0.05, 0) is 37.0 Å². The highest BCUT2D eigenvalue weighted by molar-refractivity contribution is 7.91. The summed E-state index contributed by atoms with van der Waals surface area (Å²) < 4.78 is 30.3. The molecule has 2 heterocycles. The Kier molecular flexibility index (Phi) is 5.82. The Morgan fingerprint density at radius 1 is 1.19 bits per heavy atom. The number of aryl methyl sites for hydroxylation is 1. The van der Waals surface area contributed by atoms with Crippen LogP contribution in [0.5, 0.6) is 5.75 Å². The minimum Gasteiger partial charge on any atom is -0.483 e. The number of sulfone groups is 1. The zero-order valence-corrected chi connectivity index (χ0v) is 17.5. The highest BCUT2D eigenvalue weighted by Crippen LogP contribution is 2.28. The first-order chi connectivity index (χ1) is 12.7. The molecule has 0 saturated carbocycles. The van der Waals surface area contributed by atoms with Gasteiger partial charge in [-0.2, -0.15) is 0 Å². The lowest BCUT2D eigenvalue weighted by Crippen LogP contribution is -2.61. The van der Waals surface area contributed by atoms with Gasteiger partial charge in [-0.1, -0.05) is 26.0 Å². The van der Waals surface area contributed by atoms with Crippen molar-refractivity contribution in [3.63, 3.8) is 0 Å². The minimum atomic E-state index is -3.12. The molecule has 2 fully saturated rings. The summed E-state index contributed by atoms with van der Waals surface area (Å²) in [4.78, 5) is 16.8. The number of rotatable bonds is 5. The summed E-state index contributed by atoms with van der Waals surface area (Å²) in [5, 5.41) is 0. The van der Waals surface area contributed by atoms with Gasteiger partial charge in [0.25, 0.3) is 5.91 Å². The second kappa shape index (κ2) is 7.80. The summed E-state index contributed by atoms with van der Waals surface area (Å²) in [6, 6.07) is 5.41. The molecule has 27 heavy (non-hydrogen) atoms.